The van der Waals surface area contributed by atoms with E-state index in [1.54, 1.807) is 0 Å². The molecule has 0 fully saturated rings. The molecule has 1 amide bonds. The van der Waals surface area contributed by atoms with Crippen molar-refractivity contribution in [2.24, 2.45) is 0 Å². The molecule has 9 nitrogen and oxygen atoms in total. The third kappa shape index (κ3) is 54.3. The van der Waals surface area contributed by atoms with Crippen LogP contribution in [0.25, 0.3) is 0 Å². The lowest BCUT2D eigenvalue weighted by molar-refractivity contribution is -0.147. The molecular formula is C57H102NO8P. The van der Waals surface area contributed by atoms with Gasteiger partial charge in [0.25, 0.3) is 0 Å². The third-order valence-corrected chi connectivity index (χ3v) is 12.6. The van der Waals surface area contributed by atoms with Gasteiger partial charge in [0, 0.05) is 19.4 Å². The van der Waals surface area contributed by atoms with Gasteiger partial charge in [-0.2, -0.15) is 0 Å². The van der Waals surface area contributed by atoms with Gasteiger partial charge in [-0.15, -0.1) is 0 Å². The Balaban J connectivity index is 3.57. The first-order valence-electron chi connectivity index (χ1n) is 27.4. The van der Waals surface area contributed by atoms with E-state index >= 15 is 0 Å². The number of carbonyl (C=O) groups is 2. The molecule has 67 heavy (non-hydrogen) atoms. The SMILES string of the molecule is CC/C=C\C/C=C\C/C=C\C/C=C\C/C=C\CCCCCCCCCC(=O)NCCOP(=O)(O)OCC(O)COC(=O)CCCCCCCCCCCCCCC/C=C/CCCCCCCC. The maximum Gasteiger partial charge on any atom is 0.472 e. The lowest BCUT2D eigenvalue weighted by atomic mass is 10.0. The number of ether oxygens (including phenoxy) is 1. The number of aliphatic hydroxyl groups excluding tert-OH is 1. The highest BCUT2D eigenvalue weighted by Gasteiger charge is 2.23. The van der Waals surface area contributed by atoms with Crippen LogP contribution in [-0.2, 0) is 27.9 Å². The minimum Gasteiger partial charge on any atom is -0.463 e. The first kappa shape index (κ1) is 64.5. The highest BCUT2D eigenvalue weighted by atomic mass is 31.2. The van der Waals surface area contributed by atoms with Crippen LogP contribution in [0.3, 0.4) is 0 Å². The summed E-state index contributed by atoms with van der Waals surface area (Å²) in [5.41, 5.74) is 0. The molecular weight excluding hydrogens is 858 g/mol. The molecule has 388 valence electrons. The number of unbranched alkanes of at least 4 members (excludes halogenated alkanes) is 26. The molecule has 0 aromatic rings. The number of hydrogen-bond acceptors (Lipinski definition) is 7. The third-order valence-electron chi connectivity index (χ3n) is 11.6. The molecule has 0 spiro atoms. The molecule has 0 aliphatic rings. The Morgan fingerprint density at radius 3 is 1.30 bits per heavy atom. The van der Waals surface area contributed by atoms with Crippen LogP contribution in [-0.4, -0.2) is 54.3 Å². The molecule has 0 aromatic carbocycles. The molecule has 0 heterocycles. The fourth-order valence-electron chi connectivity index (χ4n) is 7.52. The summed E-state index contributed by atoms with van der Waals surface area (Å²) in [6.45, 7) is 3.45. The van der Waals surface area contributed by atoms with Gasteiger partial charge in [-0.3, -0.25) is 18.6 Å². The number of rotatable bonds is 51. The van der Waals surface area contributed by atoms with E-state index in [-0.39, 0.29) is 32.1 Å². The van der Waals surface area contributed by atoms with E-state index in [1.165, 1.54) is 141 Å². The summed E-state index contributed by atoms with van der Waals surface area (Å²) in [5.74, 6) is -0.525. The number of phosphoric ester groups is 1. The Morgan fingerprint density at radius 2 is 0.851 bits per heavy atom. The Hall–Kier alpha value is -2.55. The average Bonchev–Trinajstić information content (AvgIpc) is 3.32. The van der Waals surface area contributed by atoms with Crippen molar-refractivity contribution in [3.8, 4) is 0 Å². The molecule has 3 N–H and O–H groups in total. The van der Waals surface area contributed by atoms with Crippen LogP contribution in [0.15, 0.2) is 72.9 Å². The number of phosphoric acid groups is 1. The van der Waals surface area contributed by atoms with Crippen LogP contribution >= 0.6 is 7.82 Å². The largest absolute Gasteiger partial charge is 0.472 e. The molecule has 0 saturated heterocycles. The van der Waals surface area contributed by atoms with Crippen molar-refractivity contribution in [1.82, 2.24) is 5.32 Å². The van der Waals surface area contributed by atoms with Crippen LogP contribution in [0.5, 0.6) is 0 Å². The molecule has 0 aliphatic carbocycles. The first-order chi connectivity index (χ1) is 32.8. The van der Waals surface area contributed by atoms with Crippen LogP contribution in [0.1, 0.15) is 245 Å². The van der Waals surface area contributed by atoms with Crippen molar-refractivity contribution in [1.29, 1.82) is 0 Å². The maximum atomic E-state index is 12.2. The topological polar surface area (TPSA) is 131 Å². The standard InChI is InChI=1S/C57H102NO8P/c1-3-5-7-9-11-13-15-17-19-21-23-25-27-29-31-33-35-37-39-41-43-45-47-49-56(60)58-51-52-65-67(62,63)66-54-55(59)53-64-57(61)50-48-46-44-42-40-38-36-34-32-30-28-26-24-22-20-18-16-14-12-10-8-6-4-2/h5,7,11,13,17-20,23,25,29,31,55,59H,3-4,6,8-10,12,14-16,21-22,24,26-28,30,32-54H2,1-2H3,(H,58,60)(H,62,63)/b7-5-,13-11-,19-17-,20-18+,25-23-,31-29-. The van der Waals surface area contributed by atoms with Gasteiger partial charge < -0.3 is 20.1 Å². The number of esters is 1. The Kier molecular flexibility index (Phi) is 50.8. The summed E-state index contributed by atoms with van der Waals surface area (Å²) in [6.07, 6.45) is 67.0. The van der Waals surface area contributed by atoms with Crippen molar-refractivity contribution in [3.05, 3.63) is 72.9 Å². The lowest BCUT2D eigenvalue weighted by Gasteiger charge is -2.15. The number of hydrogen-bond donors (Lipinski definition) is 3. The minimum absolute atomic E-state index is 0.0724. The number of aliphatic hydroxyl groups is 1. The van der Waals surface area contributed by atoms with Crippen molar-refractivity contribution in [2.45, 2.75) is 251 Å². The molecule has 10 heteroatoms. The maximum absolute atomic E-state index is 12.2. The second-order valence-corrected chi connectivity index (χ2v) is 19.6. The fourth-order valence-corrected chi connectivity index (χ4v) is 8.28. The smallest absolute Gasteiger partial charge is 0.463 e. The van der Waals surface area contributed by atoms with Crippen LogP contribution in [0.2, 0.25) is 0 Å². The Bertz CT molecular complexity index is 1320. The summed E-state index contributed by atoms with van der Waals surface area (Å²) >= 11 is 0. The van der Waals surface area contributed by atoms with Crippen LogP contribution in [0, 0.1) is 0 Å². The van der Waals surface area contributed by atoms with Gasteiger partial charge in [0.1, 0.15) is 12.7 Å². The minimum atomic E-state index is -4.43. The monoisotopic (exact) mass is 960 g/mol. The van der Waals surface area contributed by atoms with Gasteiger partial charge in [0.05, 0.1) is 13.2 Å². The zero-order chi connectivity index (χ0) is 48.8. The van der Waals surface area contributed by atoms with Gasteiger partial charge >= 0.3 is 13.8 Å². The quantitative estimate of drug-likeness (QED) is 0.0238. The highest BCUT2D eigenvalue weighted by molar-refractivity contribution is 7.47. The highest BCUT2D eigenvalue weighted by Crippen LogP contribution is 2.42. The Labute approximate surface area is 411 Å². The van der Waals surface area contributed by atoms with E-state index in [0.717, 1.165) is 77.0 Å². The molecule has 0 bridgehead atoms. The summed E-state index contributed by atoms with van der Waals surface area (Å²) in [7, 11) is -4.43. The second-order valence-electron chi connectivity index (χ2n) is 18.2. The van der Waals surface area contributed by atoms with Crippen LogP contribution < -0.4 is 5.32 Å². The van der Waals surface area contributed by atoms with E-state index in [0.29, 0.717) is 6.42 Å². The number of nitrogens with one attached hydrogen (secondary N) is 1. The molecule has 0 aliphatic heterocycles. The Morgan fingerprint density at radius 1 is 0.478 bits per heavy atom. The van der Waals surface area contributed by atoms with Gasteiger partial charge in [0.2, 0.25) is 5.91 Å². The normalized spacial score (nSPS) is 13.7. The van der Waals surface area contributed by atoms with Gasteiger partial charge in [0.15, 0.2) is 0 Å². The fraction of sp³-hybridized carbons (Fsp3) is 0.754. The van der Waals surface area contributed by atoms with E-state index in [2.05, 4.69) is 92.1 Å². The zero-order valence-electron chi connectivity index (χ0n) is 43.1. The predicted octanol–water partition coefficient (Wildman–Crippen LogP) is 16.6. The van der Waals surface area contributed by atoms with E-state index in [4.69, 9.17) is 13.8 Å². The van der Waals surface area contributed by atoms with E-state index in [9.17, 15) is 24.2 Å². The summed E-state index contributed by atoms with van der Waals surface area (Å²) < 4.78 is 27.0. The zero-order valence-corrected chi connectivity index (χ0v) is 44.0. The summed E-state index contributed by atoms with van der Waals surface area (Å²) in [6, 6.07) is 0. The number of carbonyl (C=O) groups excluding carboxylic acids is 2. The second kappa shape index (κ2) is 52.8. The predicted molar refractivity (Wildman–Crippen MR) is 284 cm³/mol. The first-order valence-corrected chi connectivity index (χ1v) is 28.9. The molecule has 0 saturated carbocycles. The summed E-state index contributed by atoms with van der Waals surface area (Å²) in [4.78, 5) is 34.1. The molecule has 0 rings (SSSR count). The summed E-state index contributed by atoms with van der Waals surface area (Å²) in [5, 5.41) is 12.8. The molecule has 2 unspecified atom stereocenters. The van der Waals surface area contributed by atoms with Crippen molar-refractivity contribution in [3.63, 3.8) is 0 Å². The van der Waals surface area contributed by atoms with Gasteiger partial charge in [-0.1, -0.05) is 222 Å². The van der Waals surface area contributed by atoms with Crippen LogP contribution in [0.4, 0.5) is 0 Å². The molecule has 0 aromatic heterocycles. The molecule has 0 radical (unpaired) electrons. The van der Waals surface area contributed by atoms with Gasteiger partial charge in [-0.25, -0.2) is 4.57 Å². The van der Waals surface area contributed by atoms with Crippen molar-refractivity contribution >= 4 is 19.7 Å². The molecule has 2 atom stereocenters. The van der Waals surface area contributed by atoms with Crippen molar-refractivity contribution in [2.75, 3.05) is 26.4 Å². The van der Waals surface area contributed by atoms with E-state index < -0.39 is 26.5 Å². The van der Waals surface area contributed by atoms with E-state index in [1.807, 2.05) is 0 Å². The van der Waals surface area contributed by atoms with Gasteiger partial charge in [-0.05, 0) is 83.5 Å². The average molecular weight is 960 g/mol. The number of allylic oxidation sites excluding steroid dienone is 12. The number of amides is 1. The van der Waals surface area contributed by atoms with Crippen molar-refractivity contribution < 1.29 is 37.9 Å². The lowest BCUT2D eigenvalue weighted by Crippen LogP contribution is -2.27.